The Kier molecular flexibility index (Phi) is 5.57. The molecule has 1 aromatic rings. The molecule has 0 saturated carbocycles. The number of aryl methyl sites for hydroxylation is 1. The molecular formula is C13H19NO5. The fraction of sp³-hybridized carbons (Fsp3) is 0.538. The molecule has 1 aromatic heterocycles. The number of carbonyl (C=O) groups is 2. The van der Waals surface area contributed by atoms with Crippen LogP contribution in [0.25, 0.3) is 0 Å². The van der Waals surface area contributed by atoms with E-state index in [-0.39, 0.29) is 18.0 Å². The van der Waals surface area contributed by atoms with Gasteiger partial charge in [-0.1, -0.05) is 0 Å². The highest BCUT2D eigenvalue weighted by Gasteiger charge is 2.16. The van der Waals surface area contributed by atoms with Crippen molar-refractivity contribution in [3.63, 3.8) is 0 Å². The van der Waals surface area contributed by atoms with Gasteiger partial charge in [0.05, 0.1) is 6.54 Å². The van der Waals surface area contributed by atoms with Gasteiger partial charge in [-0.15, -0.1) is 0 Å². The maximum atomic E-state index is 11.8. The number of carboxylic acid groups (broad SMARTS) is 1. The number of ether oxygens (including phenoxy) is 1. The standard InChI is InChI=1S/C13H19NO5/c1-9-11(13(16)17)7-10(19-9)8-14(2)12(15)5-4-6-18-3/h7H,4-6,8H2,1-3H3,(H,16,17). The third kappa shape index (κ3) is 4.40. The third-order valence-electron chi connectivity index (χ3n) is 2.76. The van der Waals surface area contributed by atoms with Gasteiger partial charge in [0, 0.05) is 27.2 Å². The first-order valence-corrected chi connectivity index (χ1v) is 6.01. The van der Waals surface area contributed by atoms with Crippen molar-refractivity contribution in [2.75, 3.05) is 20.8 Å². The summed E-state index contributed by atoms with van der Waals surface area (Å²) in [6.07, 6.45) is 1.06. The van der Waals surface area contributed by atoms with Crippen LogP contribution in [0.4, 0.5) is 0 Å². The lowest BCUT2D eigenvalue weighted by Crippen LogP contribution is -2.25. The molecule has 0 spiro atoms. The van der Waals surface area contributed by atoms with E-state index in [0.29, 0.717) is 31.0 Å². The van der Waals surface area contributed by atoms with Gasteiger partial charge in [-0.2, -0.15) is 0 Å². The molecule has 0 bridgehead atoms. The van der Waals surface area contributed by atoms with Crippen molar-refractivity contribution in [1.82, 2.24) is 4.90 Å². The van der Waals surface area contributed by atoms with E-state index in [1.54, 1.807) is 21.1 Å². The summed E-state index contributed by atoms with van der Waals surface area (Å²) >= 11 is 0. The van der Waals surface area contributed by atoms with Crippen molar-refractivity contribution < 1.29 is 23.8 Å². The van der Waals surface area contributed by atoms with Crippen LogP contribution in [0.1, 0.15) is 34.7 Å². The van der Waals surface area contributed by atoms with E-state index in [1.807, 2.05) is 0 Å². The Labute approximate surface area is 112 Å². The van der Waals surface area contributed by atoms with E-state index >= 15 is 0 Å². The van der Waals surface area contributed by atoms with Gasteiger partial charge < -0.3 is 19.2 Å². The quantitative estimate of drug-likeness (QED) is 0.762. The molecule has 106 valence electrons. The summed E-state index contributed by atoms with van der Waals surface area (Å²) < 4.78 is 10.2. The second-order valence-corrected chi connectivity index (χ2v) is 4.33. The Morgan fingerprint density at radius 1 is 1.47 bits per heavy atom. The average molecular weight is 269 g/mol. The summed E-state index contributed by atoms with van der Waals surface area (Å²) in [5, 5.41) is 8.91. The van der Waals surface area contributed by atoms with Crippen LogP contribution >= 0.6 is 0 Å². The van der Waals surface area contributed by atoms with Gasteiger partial charge in [0.1, 0.15) is 17.1 Å². The number of carboxylic acids is 1. The zero-order chi connectivity index (χ0) is 14.4. The molecule has 1 amide bonds. The highest BCUT2D eigenvalue weighted by atomic mass is 16.5. The van der Waals surface area contributed by atoms with Crippen molar-refractivity contribution in [3.05, 3.63) is 23.2 Å². The fourth-order valence-electron chi connectivity index (χ4n) is 1.71. The van der Waals surface area contributed by atoms with Crippen molar-refractivity contribution in [2.45, 2.75) is 26.3 Å². The van der Waals surface area contributed by atoms with E-state index < -0.39 is 5.97 Å². The lowest BCUT2D eigenvalue weighted by Gasteiger charge is -2.15. The monoisotopic (exact) mass is 269 g/mol. The molecule has 1 heterocycles. The highest BCUT2D eigenvalue weighted by Crippen LogP contribution is 2.16. The van der Waals surface area contributed by atoms with Crippen LogP contribution in [0.5, 0.6) is 0 Å². The van der Waals surface area contributed by atoms with E-state index in [0.717, 1.165) is 0 Å². The molecule has 0 aliphatic heterocycles. The molecule has 19 heavy (non-hydrogen) atoms. The summed E-state index contributed by atoms with van der Waals surface area (Å²) in [7, 11) is 3.25. The molecule has 0 aliphatic rings. The number of furan rings is 1. The Morgan fingerprint density at radius 3 is 2.68 bits per heavy atom. The van der Waals surface area contributed by atoms with Crippen molar-refractivity contribution in [2.24, 2.45) is 0 Å². The number of aromatic carboxylic acids is 1. The summed E-state index contributed by atoms with van der Waals surface area (Å²) in [4.78, 5) is 24.1. The minimum Gasteiger partial charge on any atom is -0.478 e. The van der Waals surface area contributed by atoms with Gasteiger partial charge in [-0.3, -0.25) is 4.79 Å². The Bertz CT molecular complexity index is 452. The number of hydrogen-bond donors (Lipinski definition) is 1. The van der Waals surface area contributed by atoms with E-state index in [1.165, 1.54) is 11.0 Å². The summed E-state index contributed by atoms with van der Waals surface area (Å²) in [6, 6.07) is 1.45. The van der Waals surface area contributed by atoms with Crippen LogP contribution in [-0.2, 0) is 16.1 Å². The fourth-order valence-corrected chi connectivity index (χ4v) is 1.71. The molecule has 1 rings (SSSR count). The van der Waals surface area contributed by atoms with E-state index in [4.69, 9.17) is 14.3 Å². The van der Waals surface area contributed by atoms with Gasteiger partial charge in [0.25, 0.3) is 0 Å². The second kappa shape index (κ2) is 6.94. The molecule has 0 unspecified atom stereocenters. The van der Waals surface area contributed by atoms with Gasteiger partial charge in [-0.25, -0.2) is 4.79 Å². The number of rotatable bonds is 7. The number of methoxy groups -OCH3 is 1. The smallest absolute Gasteiger partial charge is 0.339 e. The Balaban J connectivity index is 2.56. The maximum Gasteiger partial charge on any atom is 0.339 e. The molecular weight excluding hydrogens is 250 g/mol. The Hall–Kier alpha value is -1.82. The lowest BCUT2D eigenvalue weighted by molar-refractivity contribution is -0.131. The molecule has 0 aliphatic carbocycles. The van der Waals surface area contributed by atoms with Gasteiger partial charge >= 0.3 is 5.97 Å². The van der Waals surface area contributed by atoms with Crippen LogP contribution in [0.15, 0.2) is 10.5 Å². The SMILES string of the molecule is COCCCC(=O)N(C)Cc1cc(C(=O)O)c(C)o1. The molecule has 0 radical (unpaired) electrons. The third-order valence-corrected chi connectivity index (χ3v) is 2.76. The molecule has 0 saturated heterocycles. The van der Waals surface area contributed by atoms with E-state index in [2.05, 4.69) is 0 Å². The van der Waals surface area contributed by atoms with Crippen LogP contribution in [0, 0.1) is 6.92 Å². The zero-order valence-corrected chi connectivity index (χ0v) is 11.4. The predicted molar refractivity (Wildman–Crippen MR) is 68.0 cm³/mol. The topological polar surface area (TPSA) is 80.0 Å². The molecule has 0 atom stereocenters. The average Bonchev–Trinajstić information content (AvgIpc) is 2.70. The van der Waals surface area contributed by atoms with Crippen LogP contribution in [0.3, 0.4) is 0 Å². The van der Waals surface area contributed by atoms with Gasteiger partial charge in [0.2, 0.25) is 5.91 Å². The minimum atomic E-state index is -1.03. The number of amides is 1. The molecule has 0 fully saturated rings. The normalized spacial score (nSPS) is 10.5. The molecule has 0 aromatic carbocycles. The number of nitrogens with zero attached hydrogens (tertiary/aromatic N) is 1. The van der Waals surface area contributed by atoms with E-state index in [9.17, 15) is 9.59 Å². The first kappa shape index (κ1) is 15.2. The van der Waals surface area contributed by atoms with Crippen molar-refractivity contribution in [1.29, 1.82) is 0 Å². The van der Waals surface area contributed by atoms with Crippen molar-refractivity contribution >= 4 is 11.9 Å². The Morgan fingerprint density at radius 2 is 2.16 bits per heavy atom. The zero-order valence-electron chi connectivity index (χ0n) is 11.4. The van der Waals surface area contributed by atoms with Gasteiger partial charge in [-0.05, 0) is 19.4 Å². The summed E-state index contributed by atoms with van der Waals surface area (Å²) in [5.74, 6) is -0.232. The largest absolute Gasteiger partial charge is 0.478 e. The van der Waals surface area contributed by atoms with Crippen LogP contribution < -0.4 is 0 Å². The molecule has 6 nitrogen and oxygen atoms in total. The minimum absolute atomic E-state index is 0.0250. The highest BCUT2D eigenvalue weighted by molar-refractivity contribution is 5.88. The summed E-state index contributed by atoms with van der Waals surface area (Å²) in [6.45, 7) is 2.40. The van der Waals surface area contributed by atoms with Crippen LogP contribution in [0.2, 0.25) is 0 Å². The van der Waals surface area contributed by atoms with Gasteiger partial charge in [0.15, 0.2) is 0 Å². The number of carbonyl (C=O) groups excluding carboxylic acids is 1. The number of hydrogen-bond acceptors (Lipinski definition) is 4. The maximum absolute atomic E-state index is 11.8. The predicted octanol–water partition coefficient (Wildman–Crippen LogP) is 1.67. The van der Waals surface area contributed by atoms with Crippen molar-refractivity contribution in [3.8, 4) is 0 Å². The first-order chi connectivity index (χ1) is 8.95. The molecule has 1 N–H and O–H groups in total. The second-order valence-electron chi connectivity index (χ2n) is 4.33. The molecule has 6 heteroatoms. The first-order valence-electron chi connectivity index (χ1n) is 6.01. The van der Waals surface area contributed by atoms with Crippen LogP contribution in [-0.4, -0.2) is 42.6 Å². The lowest BCUT2D eigenvalue weighted by atomic mass is 10.2. The summed E-state index contributed by atoms with van der Waals surface area (Å²) in [5.41, 5.74) is 0.134.